The fraction of sp³-hybridized carbons (Fsp3) is 0.909. The van der Waals surface area contributed by atoms with E-state index < -0.39 is 24.4 Å². The molecular weight excluding hydrogens is 249 g/mol. The fourth-order valence-corrected chi connectivity index (χ4v) is 2.01. The second-order valence-corrected chi connectivity index (χ2v) is 4.53. The van der Waals surface area contributed by atoms with E-state index in [9.17, 15) is 18.0 Å². The van der Waals surface area contributed by atoms with Crippen molar-refractivity contribution in [2.45, 2.75) is 32.0 Å². The summed E-state index contributed by atoms with van der Waals surface area (Å²) in [6, 6.07) is -0.169. The highest BCUT2D eigenvalue weighted by Crippen LogP contribution is 2.31. The van der Waals surface area contributed by atoms with Gasteiger partial charge in [0.15, 0.2) is 0 Å². The first-order chi connectivity index (χ1) is 8.36. The summed E-state index contributed by atoms with van der Waals surface area (Å²) in [7, 11) is 0. The molecule has 4 nitrogen and oxygen atoms in total. The van der Waals surface area contributed by atoms with Crippen molar-refractivity contribution in [1.82, 2.24) is 4.90 Å². The Balaban J connectivity index is 2.60. The summed E-state index contributed by atoms with van der Waals surface area (Å²) in [5, 5.41) is 0. The fourth-order valence-electron chi connectivity index (χ4n) is 2.01. The van der Waals surface area contributed by atoms with E-state index in [4.69, 9.17) is 10.5 Å². The molecule has 1 unspecified atom stereocenters. The van der Waals surface area contributed by atoms with Crippen LogP contribution in [0, 0.1) is 5.92 Å². The molecule has 106 valence electrons. The number of morpholine rings is 1. The molecule has 0 aliphatic carbocycles. The normalized spacial score (nSPS) is 22.9. The van der Waals surface area contributed by atoms with Crippen LogP contribution in [-0.4, -0.2) is 49.3 Å². The smallest absolute Gasteiger partial charge is 0.377 e. The maximum absolute atomic E-state index is 12.7. The summed E-state index contributed by atoms with van der Waals surface area (Å²) in [4.78, 5) is 13.3. The van der Waals surface area contributed by atoms with E-state index >= 15 is 0 Å². The first kappa shape index (κ1) is 15.2. The summed E-state index contributed by atoms with van der Waals surface area (Å²) in [6.07, 6.45) is -5.11. The van der Waals surface area contributed by atoms with Crippen molar-refractivity contribution in [1.29, 1.82) is 0 Å². The lowest BCUT2D eigenvalue weighted by Crippen LogP contribution is -2.48. The van der Waals surface area contributed by atoms with E-state index in [1.807, 2.05) is 0 Å². The molecule has 2 N–H and O–H groups in total. The van der Waals surface area contributed by atoms with Crippen molar-refractivity contribution in [2.75, 3.05) is 26.3 Å². The van der Waals surface area contributed by atoms with E-state index in [2.05, 4.69) is 0 Å². The molecule has 1 amide bonds. The average molecular weight is 268 g/mol. The molecule has 0 aromatic carbocycles. The van der Waals surface area contributed by atoms with Gasteiger partial charge >= 0.3 is 6.18 Å². The summed E-state index contributed by atoms with van der Waals surface area (Å²) < 4.78 is 43.2. The number of carbonyl (C=O) groups excluding carboxylic acids is 1. The second-order valence-electron chi connectivity index (χ2n) is 4.53. The number of hydrogen-bond donors (Lipinski definition) is 1. The lowest BCUT2D eigenvalue weighted by atomic mass is 9.99. The van der Waals surface area contributed by atoms with Crippen molar-refractivity contribution in [3.63, 3.8) is 0 Å². The molecule has 0 saturated carbocycles. The zero-order valence-corrected chi connectivity index (χ0v) is 10.4. The topological polar surface area (TPSA) is 55.6 Å². The van der Waals surface area contributed by atoms with Gasteiger partial charge in [0.1, 0.15) is 0 Å². The maximum atomic E-state index is 12.7. The van der Waals surface area contributed by atoms with Crippen LogP contribution in [0.25, 0.3) is 0 Å². The second kappa shape index (κ2) is 6.38. The van der Waals surface area contributed by atoms with Gasteiger partial charge in [-0.25, -0.2) is 0 Å². The maximum Gasteiger partial charge on any atom is 0.392 e. The van der Waals surface area contributed by atoms with Gasteiger partial charge in [-0.3, -0.25) is 4.79 Å². The van der Waals surface area contributed by atoms with Crippen LogP contribution in [0.5, 0.6) is 0 Å². The Morgan fingerprint density at radius 1 is 1.56 bits per heavy atom. The third-order valence-corrected chi connectivity index (χ3v) is 3.09. The predicted molar refractivity (Wildman–Crippen MR) is 59.8 cm³/mol. The van der Waals surface area contributed by atoms with Crippen molar-refractivity contribution >= 4 is 5.91 Å². The molecule has 0 aromatic heterocycles. The number of alkyl halides is 3. The Bertz CT molecular complexity index is 284. The highest BCUT2D eigenvalue weighted by molar-refractivity contribution is 5.77. The summed E-state index contributed by atoms with van der Waals surface area (Å²) in [5.74, 6) is -2.12. The van der Waals surface area contributed by atoms with Gasteiger partial charge in [0.25, 0.3) is 0 Å². The molecule has 1 aliphatic rings. The van der Waals surface area contributed by atoms with Crippen molar-refractivity contribution in [3.8, 4) is 0 Å². The molecule has 2 atom stereocenters. The molecular formula is C11H19F3N2O2. The Hall–Kier alpha value is -0.820. The van der Waals surface area contributed by atoms with Crippen LogP contribution in [0.15, 0.2) is 0 Å². The lowest BCUT2D eigenvalue weighted by Gasteiger charge is -2.34. The van der Waals surface area contributed by atoms with Gasteiger partial charge in [-0.2, -0.15) is 13.2 Å². The first-order valence-electron chi connectivity index (χ1n) is 6.00. The zero-order chi connectivity index (χ0) is 13.8. The van der Waals surface area contributed by atoms with Crippen LogP contribution in [0.2, 0.25) is 0 Å². The summed E-state index contributed by atoms with van der Waals surface area (Å²) in [5.41, 5.74) is 5.16. The van der Waals surface area contributed by atoms with Gasteiger partial charge in [-0.05, 0) is 19.9 Å². The Morgan fingerprint density at radius 3 is 2.72 bits per heavy atom. The number of ether oxygens (including phenoxy) is 1. The Kier molecular flexibility index (Phi) is 5.40. The Morgan fingerprint density at radius 2 is 2.22 bits per heavy atom. The molecule has 1 saturated heterocycles. The van der Waals surface area contributed by atoms with Crippen molar-refractivity contribution < 1.29 is 22.7 Å². The highest BCUT2D eigenvalue weighted by Gasteiger charge is 2.41. The molecule has 1 fully saturated rings. The third-order valence-electron chi connectivity index (χ3n) is 3.09. The number of nitrogens with two attached hydrogens (primary N) is 1. The van der Waals surface area contributed by atoms with Crippen LogP contribution in [0.1, 0.15) is 19.8 Å². The summed E-state index contributed by atoms with van der Waals surface area (Å²) >= 11 is 0. The molecule has 18 heavy (non-hydrogen) atoms. The SMILES string of the molecule is C[C@@H]1COCCN1C(=O)CC(CCN)C(F)(F)F. The largest absolute Gasteiger partial charge is 0.392 e. The van der Waals surface area contributed by atoms with E-state index in [-0.39, 0.29) is 19.0 Å². The van der Waals surface area contributed by atoms with Crippen molar-refractivity contribution in [3.05, 3.63) is 0 Å². The quantitative estimate of drug-likeness (QED) is 0.832. The predicted octanol–water partition coefficient (Wildman–Crippen LogP) is 1.15. The minimum atomic E-state index is -4.37. The number of carbonyl (C=O) groups is 1. The molecule has 0 bridgehead atoms. The minimum absolute atomic E-state index is 0.0733. The van der Waals surface area contributed by atoms with E-state index in [1.54, 1.807) is 6.92 Å². The van der Waals surface area contributed by atoms with E-state index in [0.29, 0.717) is 19.8 Å². The van der Waals surface area contributed by atoms with Gasteiger partial charge in [0.05, 0.1) is 25.2 Å². The van der Waals surface area contributed by atoms with E-state index in [1.165, 1.54) is 4.90 Å². The first-order valence-corrected chi connectivity index (χ1v) is 6.00. The number of rotatable bonds is 4. The van der Waals surface area contributed by atoms with Gasteiger partial charge in [0, 0.05) is 13.0 Å². The lowest BCUT2D eigenvalue weighted by molar-refractivity contribution is -0.183. The molecule has 0 aromatic rings. The van der Waals surface area contributed by atoms with Crippen LogP contribution in [-0.2, 0) is 9.53 Å². The zero-order valence-electron chi connectivity index (χ0n) is 10.4. The molecule has 7 heteroatoms. The van der Waals surface area contributed by atoms with Crippen LogP contribution in [0.3, 0.4) is 0 Å². The molecule has 1 heterocycles. The molecule has 1 rings (SSSR count). The minimum Gasteiger partial charge on any atom is -0.377 e. The summed E-state index contributed by atoms with van der Waals surface area (Å²) in [6.45, 7) is 2.80. The van der Waals surface area contributed by atoms with Gasteiger partial charge in [-0.15, -0.1) is 0 Å². The molecule has 0 spiro atoms. The highest BCUT2D eigenvalue weighted by atomic mass is 19.4. The van der Waals surface area contributed by atoms with Crippen LogP contribution >= 0.6 is 0 Å². The third kappa shape index (κ3) is 4.13. The molecule has 1 aliphatic heterocycles. The van der Waals surface area contributed by atoms with Crippen LogP contribution < -0.4 is 5.73 Å². The Labute approximate surface area is 104 Å². The average Bonchev–Trinajstić information content (AvgIpc) is 2.27. The van der Waals surface area contributed by atoms with E-state index in [0.717, 1.165) is 0 Å². The van der Waals surface area contributed by atoms with Crippen molar-refractivity contribution in [2.24, 2.45) is 11.7 Å². The van der Waals surface area contributed by atoms with Crippen LogP contribution in [0.4, 0.5) is 13.2 Å². The van der Waals surface area contributed by atoms with Gasteiger partial charge < -0.3 is 15.4 Å². The van der Waals surface area contributed by atoms with Gasteiger partial charge in [-0.1, -0.05) is 0 Å². The number of nitrogens with zero attached hydrogens (tertiary/aromatic N) is 1. The molecule has 0 radical (unpaired) electrons. The van der Waals surface area contributed by atoms with Gasteiger partial charge in [0.2, 0.25) is 5.91 Å². The number of amides is 1. The standard InChI is InChI=1S/C11H19F3N2O2/c1-8-7-18-5-4-16(8)10(17)6-9(2-3-15)11(12,13)14/h8-9H,2-7,15H2,1H3/t8-,9?/m1/s1. The number of hydrogen-bond acceptors (Lipinski definition) is 3. The number of halogens is 3. The monoisotopic (exact) mass is 268 g/mol.